The van der Waals surface area contributed by atoms with Crippen molar-refractivity contribution in [2.75, 3.05) is 12.9 Å². The van der Waals surface area contributed by atoms with E-state index in [2.05, 4.69) is 9.46 Å². The molecule has 0 spiro atoms. The fourth-order valence-corrected chi connectivity index (χ4v) is 2.31. The third kappa shape index (κ3) is 5.18. The molecule has 0 aromatic heterocycles. The van der Waals surface area contributed by atoms with Crippen LogP contribution in [0.1, 0.15) is 26.7 Å². The van der Waals surface area contributed by atoms with E-state index in [4.69, 9.17) is 0 Å². The topological polar surface area (TPSA) is 72.5 Å². The van der Waals surface area contributed by atoms with Crippen molar-refractivity contribution in [3.05, 3.63) is 0 Å². The first-order valence-corrected chi connectivity index (χ1v) is 6.16. The van der Waals surface area contributed by atoms with Crippen LogP contribution >= 0.6 is 0 Å². The van der Waals surface area contributed by atoms with Gasteiger partial charge in [-0.1, -0.05) is 13.3 Å². The Morgan fingerprint density at radius 3 is 2.50 bits per heavy atom. The molecule has 0 aliphatic carbocycles. The number of hydrogen-bond donors (Lipinski definition) is 1. The third-order valence-electron chi connectivity index (χ3n) is 1.68. The largest absolute Gasteiger partial charge is 0.468 e. The first-order valence-electron chi connectivity index (χ1n) is 4.50. The summed E-state index contributed by atoms with van der Waals surface area (Å²) in [5.74, 6) is -0.532. The van der Waals surface area contributed by atoms with Crippen molar-refractivity contribution in [3.8, 4) is 0 Å². The van der Waals surface area contributed by atoms with E-state index in [0.29, 0.717) is 6.42 Å². The molecule has 14 heavy (non-hydrogen) atoms. The summed E-state index contributed by atoms with van der Waals surface area (Å²) < 4.78 is 29.2. The molecular formula is C8H17NO4S. The minimum Gasteiger partial charge on any atom is -0.468 e. The number of carbonyl (C=O) groups excluding carboxylic acids is 1. The molecule has 0 amide bonds. The van der Waals surface area contributed by atoms with Crippen molar-refractivity contribution >= 4 is 16.0 Å². The summed E-state index contributed by atoms with van der Waals surface area (Å²) in [5, 5.41) is 0. The molecule has 0 fully saturated rings. The van der Waals surface area contributed by atoms with Gasteiger partial charge in [-0.15, -0.1) is 0 Å². The van der Waals surface area contributed by atoms with Crippen LogP contribution in [-0.2, 0) is 19.6 Å². The van der Waals surface area contributed by atoms with Crippen LogP contribution in [0.3, 0.4) is 0 Å². The molecule has 1 N–H and O–H groups in total. The smallest absolute Gasteiger partial charge is 0.323 e. The van der Waals surface area contributed by atoms with Crippen LogP contribution in [0.2, 0.25) is 0 Å². The van der Waals surface area contributed by atoms with E-state index in [9.17, 15) is 13.2 Å². The summed E-state index contributed by atoms with van der Waals surface area (Å²) in [7, 11) is -2.13. The van der Waals surface area contributed by atoms with Gasteiger partial charge in [0.05, 0.1) is 12.9 Å². The number of rotatable bonds is 6. The molecule has 0 heterocycles. The van der Waals surface area contributed by atoms with Gasteiger partial charge in [0.15, 0.2) is 0 Å². The summed E-state index contributed by atoms with van der Waals surface area (Å²) in [6.07, 6.45) is 1.39. The van der Waals surface area contributed by atoms with Crippen molar-refractivity contribution in [3.63, 3.8) is 0 Å². The van der Waals surface area contributed by atoms with E-state index in [0.717, 1.165) is 6.42 Å². The van der Waals surface area contributed by atoms with Crippen molar-refractivity contribution in [1.82, 2.24) is 4.72 Å². The quantitative estimate of drug-likeness (QED) is 0.656. The lowest BCUT2D eigenvalue weighted by Gasteiger charge is -2.11. The first-order chi connectivity index (χ1) is 6.43. The number of hydrogen-bond acceptors (Lipinski definition) is 4. The normalized spacial score (nSPS) is 13.6. The minimum absolute atomic E-state index is 0.0465. The van der Waals surface area contributed by atoms with Gasteiger partial charge >= 0.3 is 5.97 Å². The molecule has 0 aromatic rings. The fraction of sp³-hybridized carbons (Fsp3) is 0.875. The van der Waals surface area contributed by atoms with Crippen molar-refractivity contribution in [2.24, 2.45) is 0 Å². The predicted octanol–water partition coefficient (Wildman–Crippen LogP) is 0.267. The van der Waals surface area contributed by atoms with E-state index < -0.39 is 22.0 Å². The molecule has 0 aliphatic rings. The molecule has 1 atom stereocenters. The van der Waals surface area contributed by atoms with Crippen molar-refractivity contribution in [1.29, 1.82) is 0 Å². The highest BCUT2D eigenvalue weighted by Gasteiger charge is 2.19. The third-order valence-corrected chi connectivity index (χ3v) is 3.22. The molecule has 0 aromatic carbocycles. The number of esters is 1. The van der Waals surface area contributed by atoms with E-state index in [1.165, 1.54) is 14.0 Å². The Kier molecular flexibility index (Phi) is 5.71. The van der Waals surface area contributed by atoms with Crippen LogP contribution in [-0.4, -0.2) is 33.3 Å². The molecular weight excluding hydrogens is 206 g/mol. The number of methoxy groups -OCH3 is 1. The summed E-state index contributed by atoms with van der Waals surface area (Å²) >= 11 is 0. The summed E-state index contributed by atoms with van der Waals surface area (Å²) in [4.78, 5) is 10.9. The average Bonchev–Trinajstić information content (AvgIpc) is 2.12. The number of unbranched alkanes of at least 4 members (excludes halogenated alkanes) is 1. The van der Waals surface area contributed by atoms with Gasteiger partial charge in [-0.25, -0.2) is 13.1 Å². The van der Waals surface area contributed by atoms with Crippen molar-refractivity contribution in [2.45, 2.75) is 32.7 Å². The van der Waals surface area contributed by atoms with Crippen LogP contribution in [0.4, 0.5) is 0 Å². The fourth-order valence-electron chi connectivity index (χ4n) is 0.888. The molecule has 0 saturated carbocycles. The standard InChI is InChI=1S/C8H17NO4S/c1-4-5-6-14(11,12)9-7(2)8(10)13-3/h7,9H,4-6H2,1-3H3/t7-/m0/s1. The van der Waals surface area contributed by atoms with E-state index in [1.807, 2.05) is 6.92 Å². The van der Waals surface area contributed by atoms with Crippen LogP contribution in [0.25, 0.3) is 0 Å². The number of nitrogens with one attached hydrogen (secondary N) is 1. The van der Waals surface area contributed by atoms with Crippen LogP contribution < -0.4 is 4.72 Å². The zero-order chi connectivity index (χ0) is 11.2. The lowest BCUT2D eigenvalue weighted by atomic mass is 10.4. The van der Waals surface area contributed by atoms with Gasteiger partial charge in [-0.05, 0) is 13.3 Å². The Morgan fingerprint density at radius 2 is 2.07 bits per heavy atom. The Labute approximate surface area is 84.9 Å². The monoisotopic (exact) mass is 223 g/mol. The second-order valence-electron chi connectivity index (χ2n) is 3.04. The average molecular weight is 223 g/mol. The van der Waals surface area contributed by atoms with Gasteiger partial charge in [-0.2, -0.15) is 0 Å². The van der Waals surface area contributed by atoms with E-state index in [-0.39, 0.29) is 5.75 Å². The van der Waals surface area contributed by atoms with Gasteiger partial charge in [0.1, 0.15) is 6.04 Å². The molecule has 0 rings (SSSR count). The van der Waals surface area contributed by atoms with Gasteiger partial charge in [0, 0.05) is 0 Å². The zero-order valence-corrected chi connectivity index (χ0v) is 9.56. The Morgan fingerprint density at radius 1 is 1.50 bits per heavy atom. The molecule has 84 valence electrons. The summed E-state index contributed by atoms with van der Waals surface area (Å²) in [6.45, 7) is 3.36. The number of carbonyl (C=O) groups is 1. The number of ether oxygens (including phenoxy) is 1. The highest BCUT2D eigenvalue weighted by atomic mass is 32.2. The van der Waals surface area contributed by atoms with E-state index >= 15 is 0 Å². The molecule has 0 saturated heterocycles. The number of sulfonamides is 1. The van der Waals surface area contributed by atoms with Gasteiger partial charge < -0.3 is 4.74 Å². The Hall–Kier alpha value is -0.620. The van der Waals surface area contributed by atoms with Gasteiger partial charge in [0.25, 0.3) is 0 Å². The zero-order valence-electron chi connectivity index (χ0n) is 8.74. The first kappa shape index (κ1) is 13.4. The van der Waals surface area contributed by atoms with Crippen LogP contribution in [0.5, 0.6) is 0 Å². The molecule has 6 heteroatoms. The SMILES string of the molecule is CCCCS(=O)(=O)N[C@@H](C)C(=O)OC. The lowest BCUT2D eigenvalue weighted by Crippen LogP contribution is -2.40. The van der Waals surface area contributed by atoms with E-state index in [1.54, 1.807) is 0 Å². The molecule has 0 unspecified atom stereocenters. The van der Waals surface area contributed by atoms with Crippen LogP contribution in [0, 0.1) is 0 Å². The Bertz CT molecular complexity index is 273. The maximum absolute atomic E-state index is 11.3. The van der Waals surface area contributed by atoms with Crippen molar-refractivity contribution < 1.29 is 17.9 Å². The van der Waals surface area contributed by atoms with Crippen LogP contribution in [0.15, 0.2) is 0 Å². The van der Waals surface area contributed by atoms with Gasteiger partial charge in [-0.3, -0.25) is 4.79 Å². The second kappa shape index (κ2) is 5.98. The molecule has 0 aliphatic heterocycles. The molecule has 5 nitrogen and oxygen atoms in total. The maximum atomic E-state index is 11.3. The molecule has 0 bridgehead atoms. The molecule has 0 radical (unpaired) electrons. The Balaban J connectivity index is 4.15. The predicted molar refractivity (Wildman–Crippen MR) is 53.3 cm³/mol. The second-order valence-corrected chi connectivity index (χ2v) is 4.91. The highest BCUT2D eigenvalue weighted by Crippen LogP contribution is 1.96. The maximum Gasteiger partial charge on any atom is 0.323 e. The highest BCUT2D eigenvalue weighted by molar-refractivity contribution is 7.89. The summed E-state index contributed by atoms with van der Waals surface area (Å²) in [6, 6.07) is -0.818. The minimum atomic E-state index is -3.35. The van der Waals surface area contributed by atoms with Gasteiger partial charge in [0.2, 0.25) is 10.0 Å². The summed E-state index contributed by atoms with van der Waals surface area (Å²) in [5.41, 5.74) is 0. The lowest BCUT2D eigenvalue weighted by molar-refractivity contribution is -0.142.